The average Bonchev–Trinajstić information content (AvgIpc) is 2.43. The van der Waals surface area contributed by atoms with Crippen LogP contribution in [0.3, 0.4) is 0 Å². The van der Waals surface area contributed by atoms with E-state index in [4.69, 9.17) is 21.7 Å². The highest BCUT2D eigenvalue weighted by molar-refractivity contribution is 7.80. The number of rotatable bonds is 7. The van der Waals surface area contributed by atoms with Crippen LogP contribution in [0, 0.1) is 5.92 Å². The number of hydrogen-bond acceptors (Lipinski definition) is 4. The van der Waals surface area contributed by atoms with E-state index in [0.717, 1.165) is 11.4 Å². The molecule has 0 saturated heterocycles. The monoisotopic (exact) mass is 310 g/mol. The molecule has 1 aromatic rings. The van der Waals surface area contributed by atoms with Gasteiger partial charge in [0.15, 0.2) is 5.11 Å². The van der Waals surface area contributed by atoms with Gasteiger partial charge in [0.1, 0.15) is 12.4 Å². The third kappa shape index (κ3) is 7.06. The van der Waals surface area contributed by atoms with Crippen LogP contribution in [-0.2, 0) is 9.53 Å². The van der Waals surface area contributed by atoms with Crippen molar-refractivity contribution in [2.75, 3.05) is 25.1 Å². The first kappa shape index (κ1) is 17.4. The Morgan fingerprint density at radius 1 is 1.33 bits per heavy atom. The summed E-state index contributed by atoms with van der Waals surface area (Å²) in [7, 11) is 0. The predicted octanol–water partition coefficient (Wildman–Crippen LogP) is 2.57. The standard InChI is InChI=1S/C15H22N2O3S/c1-4-19-8-9-20-13-7-5-6-12(10-13)16-15(21)17-14(18)11(2)3/h5-7,10-11H,4,8-9H2,1-3H3,(H2,16,17,18,21). The predicted molar refractivity (Wildman–Crippen MR) is 87.6 cm³/mol. The van der Waals surface area contributed by atoms with E-state index in [2.05, 4.69) is 10.6 Å². The summed E-state index contributed by atoms with van der Waals surface area (Å²) in [5.41, 5.74) is 0.762. The normalized spacial score (nSPS) is 10.3. The second-order valence-electron chi connectivity index (χ2n) is 4.67. The molecule has 0 unspecified atom stereocenters. The number of carbonyl (C=O) groups excluding carboxylic acids is 1. The van der Waals surface area contributed by atoms with E-state index < -0.39 is 0 Å². The second kappa shape index (κ2) is 9.31. The number of ether oxygens (including phenoxy) is 2. The molecule has 0 aliphatic heterocycles. The molecule has 0 saturated carbocycles. The summed E-state index contributed by atoms with van der Waals surface area (Å²) in [6.45, 7) is 7.28. The van der Waals surface area contributed by atoms with Gasteiger partial charge in [-0.3, -0.25) is 4.79 Å². The van der Waals surface area contributed by atoms with E-state index in [9.17, 15) is 4.79 Å². The number of carbonyl (C=O) groups is 1. The van der Waals surface area contributed by atoms with Gasteiger partial charge in [0, 0.05) is 24.3 Å². The Labute approximate surface area is 131 Å². The van der Waals surface area contributed by atoms with Gasteiger partial charge in [-0.05, 0) is 31.3 Å². The lowest BCUT2D eigenvalue weighted by atomic mass is 10.2. The van der Waals surface area contributed by atoms with Crippen molar-refractivity contribution in [3.8, 4) is 5.75 Å². The molecule has 1 rings (SSSR count). The van der Waals surface area contributed by atoms with E-state index >= 15 is 0 Å². The minimum absolute atomic E-state index is 0.113. The van der Waals surface area contributed by atoms with Gasteiger partial charge in [-0.2, -0.15) is 0 Å². The van der Waals surface area contributed by atoms with Crippen molar-refractivity contribution >= 4 is 28.9 Å². The fraction of sp³-hybridized carbons (Fsp3) is 0.467. The van der Waals surface area contributed by atoms with Crippen LogP contribution in [0.2, 0.25) is 0 Å². The van der Waals surface area contributed by atoms with Crippen LogP contribution < -0.4 is 15.4 Å². The van der Waals surface area contributed by atoms with Crippen molar-refractivity contribution in [2.45, 2.75) is 20.8 Å². The second-order valence-corrected chi connectivity index (χ2v) is 5.08. The minimum Gasteiger partial charge on any atom is -0.491 e. The Morgan fingerprint density at radius 3 is 2.76 bits per heavy atom. The molecule has 0 atom stereocenters. The third-order valence-corrected chi connectivity index (χ3v) is 2.76. The first-order chi connectivity index (χ1) is 10.0. The summed E-state index contributed by atoms with van der Waals surface area (Å²) >= 11 is 5.09. The molecule has 0 radical (unpaired) electrons. The highest BCUT2D eigenvalue weighted by Crippen LogP contribution is 2.17. The van der Waals surface area contributed by atoms with Crippen LogP contribution in [0.5, 0.6) is 5.75 Å². The molecule has 0 heterocycles. The molecule has 21 heavy (non-hydrogen) atoms. The molecule has 116 valence electrons. The lowest BCUT2D eigenvalue weighted by Crippen LogP contribution is -2.36. The van der Waals surface area contributed by atoms with Gasteiger partial charge in [-0.1, -0.05) is 19.9 Å². The number of nitrogens with one attached hydrogen (secondary N) is 2. The molecule has 6 heteroatoms. The molecular weight excluding hydrogens is 288 g/mol. The molecule has 0 spiro atoms. The lowest BCUT2D eigenvalue weighted by Gasteiger charge is -2.12. The molecule has 0 aliphatic carbocycles. The summed E-state index contributed by atoms with van der Waals surface area (Å²) in [5, 5.41) is 5.86. The van der Waals surface area contributed by atoms with E-state index in [0.29, 0.717) is 19.8 Å². The average molecular weight is 310 g/mol. The summed E-state index contributed by atoms with van der Waals surface area (Å²) in [4.78, 5) is 11.5. The van der Waals surface area contributed by atoms with Crippen LogP contribution in [0.25, 0.3) is 0 Å². The van der Waals surface area contributed by atoms with Crippen LogP contribution >= 0.6 is 12.2 Å². The van der Waals surface area contributed by atoms with Gasteiger partial charge in [0.25, 0.3) is 0 Å². The van der Waals surface area contributed by atoms with Crippen LogP contribution in [0.1, 0.15) is 20.8 Å². The van der Waals surface area contributed by atoms with Gasteiger partial charge in [-0.25, -0.2) is 0 Å². The van der Waals surface area contributed by atoms with Crippen molar-refractivity contribution in [1.29, 1.82) is 0 Å². The van der Waals surface area contributed by atoms with Crippen molar-refractivity contribution in [3.05, 3.63) is 24.3 Å². The molecule has 5 nitrogen and oxygen atoms in total. The zero-order valence-corrected chi connectivity index (χ0v) is 13.5. The number of anilines is 1. The smallest absolute Gasteiger partial charge is 0.228 e. The summed E-state index contributed by atoms with van der Waals surface area (Å²) in [6.07, 6.45) is 0. The number of amides is 1. The first-order valence-corrected chi connectivity index (χ1v) is 7.36. The van der Waals surface area contributed by atoms with Gasteiger partial charge in [-0.15, -0.1) is 0 Å². The largest absolute Gasteiger partial charge is 0.491 e. The van der Waals surface area contributed by atoms with Gasteiger partial charge >= 0.3 is 0 Å². The number of hydrogen-bond donors (Lipinski definition) is 2. The van der Waals surface area contributed by atoms with Crippen LogP contribution in [-0.4, -0.2) is 30.8 Å². The Morgan fingerprint density at radius 2 is 2.10 bits per heavy atom. The quantitative estimate of drug-likeness (QED) is 0.599. The fourth-order valence-corrected chi connectivity index (χ4v) is 1.66. The first-order valence-electron chi connectivity index (χ1n) is 6.95. The SMILES string of the molecule is CCOCCOc1cccc(NC(=S)NC(=O)C(C)C)c1. The molecule has 0 aromatic heterocycles. The topological polar surface area (TPSA) is 59.6 Å². The Hall–Kier alpha value is -1.66. The van der Waals surface area contributed by atoms with Gasteiger partial charge in [0.2, 0.25) is 5.91 Å². The Kier molecular flexibility index (Phi) is 7.71. The molecule has 0 fully saturated rings. The summed E-state index contributed by atoms with van der Waals surface area (Å²) in [5.74, 6) is 0.493. The number of thiocarbonyl (C=S) groups is 1. The van der Waals surface area contributed by atoms with Crippen molar-refractivity contribution in [1.82, 2.24) is 5.32 Å². The van der Waals surface area contributed by atoms with Crippen molar-refractivity contribution < 1.29 is 14.3 Å². The summed E-state index contributed by atoms with van der Waals surface area (Å²) in [6, 6.07) is 7.38. The van der Waals surface area contributed by atoms with E-state index in [-0.39, 0.29) is 16.9 Å². The third-order valence-electron chi connectivity index (χ3n) is 2.55. The maximum absolute atomic E-state index is 11.5. The number of benzene rings is 1. The lowest BCUT2D eigenvalue weighted by molar-refractivity contribution is -0.122. The fourth-order valence-electron chi connectivity index (χ4n) is 1.44. The zero-order chi connectivity index (χ0) is 15.7. The minimum atomic E-state index is -0.114. The van der Waals surface area contributed by atoms with Crippen LogP contribution in [0.15, 0.2) is 24.3 Å². The molecule has 1 amide bonds. The van der Waals surface area contributed by atoms with E-state index in [1.807, 2.05) is 45.0 Å². The van der Waals surface area contributed by atoms with Gasteiger partial charge in [0.05, 0.1) is 6.61 Å². The highest BCUT2D eigenvalue weighted by Gasteiger charge is 2.08. The molecule has 0 aliphatic rings. The van der Waals surface area contributed by atoms with E-state index in [1.165, 1.54) is 0 Å². The van der Waals surface area contributed by atoms with Crippen molar-refractivity contribution in [2.24, 2.45) is 5.92 Å². The Bertz CT molecular complexity index is 478. The van der Waals surface area contributed by atoms with Gasteiger partial charge < -0.3 is 20.1 Å². The molecule has 2 N–H and O–H groups in total. The molecule has 0 bridgehead atoms. The molecular formula is C15H22N2O3S. The van der Waals surface area contributed by atoms with Crippen molar-refractivity contribution in [3.63, 3.8) is 0 Å². The van der Waals surface area contributed by atoms with Crippen LogP contribution in [0.4, 0.5) is 5.69 Å². The Balaban J connectivity index is 2.48. The maximum Gasteiger partial charge on any atom is 0.228 e. The highest BCUT2D eigenvalue weighted by atomic mass is 32.1. The molecule has 1 aromatic carbocycles. The summed E-state index contributed by atoms with van der Waals surface area (Å²) < 4.78 is 10.8. The van der Waals surface area contributed by atoms with E-state index in [1.54, 1.807) is 0 Å². The maximum atomic E-state index is 11.5. The zero-order valence-electron chi connectivity index (χ0n) is 12.6.